The number of hydrogen-bond donors (Lipinski definition) is 0. The molecular weight excluding hydrogens is 402 g/mol. The number of likely N-dealkylation sites (tertiary alicyclic amines) is 1. The second kappa shape index (κ2) is 8.67. The van der Waals surface area contributed by atoms with Crippen molar-refractivity contribution in [1.82, 2.24) is 14.1 Å². The molecule has 0 N–H and O–H groups in total. The molecule has 0 saturated carbocycles. The van der Waals surface area contributed by atoms with E-state index in [2.05, 4.69) is 0 Å². The van der Waals surface area contributed by atoms with Crippen molar-refractivity contribution in [2.45, 2.75) is 23.8 Å². The number of rotatable bonds is 6. The molecule has 2 aliphatic heterocycles. The van der Waals surface area contributed by atoms with Crippen LogP contribution in [0.3, 0.4) is 0 Å². The molecule has 2 fully saturated rings. The summed E-state index contributed by atoms with van der Waals surface area (Å²) in [5, 5.41) is 0. The van der Waals surface area contributed by atoms with Crippen molar-refractivity contribution in [3.05, 3.63) is 66.2 Å². The summed E-state index contributed by atoms with van der Waals surface area (Å²) in [6.45, 7) is 1.85. The van der Waals surface area contributed by atoms with Crippen LogP contribution < -0.4 is 0 Å². The highest BCUT2D eigenvalue weighted by Crippen LogP contribution is 2.23. The summed E-state index contributed by atoms with van der Waals surface area (Å²) in [4.78, 5) is 28.9. The van der Waals surface area contributed by atoms with E-state index in [1.165, 1.54) is 9.21 Å². The van der Waals surface area contributed by atoms with Gasteiger partial charge in [0, 0.05) is 32.7 Å². The van der Waals surface area contributed by atoms with Gasteiger partial charge in [0.25, 0.3) is 0 Å². The Kier molecular flexibility index (Phi) is 5.99. The van der Waals surface area contributed by atoms with E-state index in [1.54, 1.807) is 30.3 Å². The van der Waals surface area contributed by atoms with Crippen molar-refractivity contribution >= 4 is 21.8 Å². The molecule has 30 heavy (non-hydrogen) atoms. The highest BCUT2D eigenvalue weighted by Gasteiger charge is 2.43. The molecule has 0 radical (unpaired) electrons. The first-order valence-electron chi connectivity index (χ1n) is 10.1. The van der Waals surface area contributed by atoms with Crippen LogP contribution in [0.5, 0.6) is 0 Å². The van der Waals surface area contributed by atoms with Crippen molar-refractivity contribution in [1.29, 1.82) is 0 Å². The average molecular weight is 428 g/mol. The fraction of sp³-hybridized carbons (Fsp3) is 0.364. The third kappa shape index (κ3) is 4.16. The molecule has 2 saturated heterocycles. The summed E-state index contributed by atoms with van der Waals surface area (Å²) >= 11 is 0. The Bertz CT molecular complexity index is 1000. The minimum absolute atomic E-state index is 0.153. The maximum atomic E-state index is 12.9. The second-order valence-electron chi connectivity index (χ2n) is 7.59. The lowest BCUT2D eigenvalue weighted by Crippen LogP contribution is -2.53. The molecule has 0 aromatic heterocycles. The summed E-state index contributed by atoms with van der Waals surface area (Å²) in [5.41, 5.74) is 1.08. The van der Waals surface area contributed by atoms with E-state index < -0.39 is 16.1 Å². The van der Waals surface area contributed by atoms with Crippen LogP contribution in [-0.2, 0) is 26.0 Å². The van der Waals surface area contributed by atoms with Crippen molar-refractivity contribution in [3.63, 3.8) is 0 Å². The average Bonchev–Trinajstić information content (AvgIpc) is 3.07. The predicted molar refractivity (Wildman–Crippen MR) is 112 cm³/mol. The molecule has 2 aromatic carbocycles. The van der Waals surface area contributed by atoms with Crippen molar-refractivity contribution in [2.75, 3.05) is 32.7 Å². The topological polar surface area (TPSA) is 78.0 Å². The second-order valence-corrected chi connectivity index (χ2v) is 9.53. The quantitative estimate of drug-likeness (QED) is 0.651. The van der Waals surface area contributed by atoms with Gasteiger partial charge >= 0.3 is 0 Å². The highest BCUT2D eigenvalue weighted by molar-refractivity contribution is 7.89. The summed E-state index contributed by atoms with van der Waals surface area (Å²) in [6.07, 6.45) is 0.799. The van der Waals surface area contributed by atoms with Gasteiger partial charge in [-0.1, -0.05) is 48.5 Å². The van der Waals surface area contributed by atoms with Crippen molar-refractivity contribution < 1.29 is 18.0 Å². The lowest BCUT2D eigenvalue weighted by molar-refractivity contribution is -0.139. The molecule has 7 nitrogen and oxygen atoms in total. The predicted octanol–water partition coefficient (Wildman–Crippen LogP) is 1.36. The Labute approximate surface area is 176 Å². The number of nitrogens with zero attached hydrogens (tertiary/aromatic N) is 3. The number of piperazine rings is 1. The molecule has 0 aliphatic carbocycles. The number of carbonyl (C=O) groups excluding carboxylic acids is 2. The Morgan fingerprint density at radius 1 is 0.833 bits per heavy atom. The number of hydrogen-bond acceptors (Lipinski definition) is 5. The van der Waals surface area contributed by atoms with E-state index in [0.717, 1.165) is 5.56 Å². The van der Waals surface area contributed by atoms with Crippen LogP contribution in [0.15, 0.2) is 65.6 Å². The van der Waals surface area contributed by atoms with Gasteiger partial charge in [0.15, 0.2) is 0 Å². The van der Waals surface area contributed by atoms with Crippen LogP contribution in [0.2, 0.25) is 0 Å². The van der Waals surface area contributed by atoms with Crippen LogP contribution in [0, 0.1) is 0 Å². The fourth-order valence-electron chi connectivity index (χ4n) is 4.07. The Morgan fingerprint density at radius 2 is 1.43 bits per heavy atom. The van der Waals surface area contributed by atoms with Crippen LogP contribution in [-0.4, -0.2) is 73.1 Å². The molecule has 158 valence electrons. The molecule has 2 aliphatic rings. The van der Waals surface area contributed by atoms with Gasteiger partial charge in [-0.2, -0.15) is 4.31 Å². The van der Waals surface area contributed by atoms with E-state index >= 15 is 0 Å². The Balaban J connectivity index is 1.36. The zero-order valence-electron chi connectivity index (χ0n) is 16.7. The van der Waals surface area contributed by atoms with Gasteiger partial charge in [-0.05, 0) is 24.1 Å². The largest absolute Gasteiger partial charge is 0.289 e. The van der Waals surface area contributed by atoms with Gasteiger partial charge in [-0.3, -0.25) is 19.4 Å². The molecule has 2 aromatic rings. The number of sulfonamides is 1. The van der Waals surface area contributed by atoms with Crippen LogP contribution in [0.25, 0.3) is 0 Å². The number of carbonyl (C=O) groups is 2. The normalized spacial score (nSPS) is 21.3. The van der Waals surface area contributed by atoms with E-state index in [9.17, 15) is 18.0 Å². The van der Waals surface area contributed by atoms with E-state index in [-0.39, 0.29) is 23.1 Å². The zero-order chi connectivity index (χ0) is 21.1. The van der Waals surface area contributed by atoms with Gasteiger partial charge < -0.3 is 0 Å². The molecule has 0 bridgehead atoms. The van der Waals surface area contributed by atoms with Gasteiger partial charge in [-0.25, -0.2) is 8.42 Å². The van der Waals surface area contributed by atoms with Crippen LogP contribution in [0.4, 0.5) is 0 Å². The summed E-state index contributed by atoms with van der Waals surface area (Å²) in [5.74, 6) is -0.324. The zero-order valence-corrected chi connectivity index (χ0v) is 17.5. The van der Waals surface area contributed by atoms with Crippen molar-refractivity contribution in [2.24, 2.45) is 0 Å². The number of benzene rings is 2. The van der Waals surface area contributed by atoms with Crippen LogP contribution in [0.1, 0.15) is 12.0 Å². The first-order chi connectivity index (χ1) is 14.5. The van der Waals surface area contributed by atoms with Gasteiger partial charge in [-0.15, -0.1) is 0 Å². The fourth-order valence-corrected chi connectivity index (χ4v) is 5.51. The number of imide groups is 1. The lowest BCUT2D eigenvalue weighted by Gasteiger charge is -2.36. The van der Waals surface area contributed by atoms with Crippen molar-refractivity contribution in [3.8, 4) is 0 Å². The standard InChI is InChI=1S/C22H25N3O4S/c26-21-17-20(22(27)25(21)12-11-18-7-3-1-4-8-18)23-13-15-24(16-14-23)30(28,29)19-9-5-2-6-10-19/h1-10,20H,11-17H2/t20-/m1/s1. The van der Waals surface area contributed by atoms with Gasteiger partial charge in [0.05, 0.1) is 17.4 Å². The lowest BCUT2D eigenvalue weighted by atomic mass is 10.1. The Morgan fingerprint density at radius 3 is 2.07 bits per heavy atom. The first-order valence-corrected chi connectivity index (χ1v) is 11.6. The molecule has 2 heterocycles. The van der Waals surface area contributed by atoms with Gasteiger partial charge in [0.1, 0.15) is 0 Å². The number of amides is 2. The summed E-state index contributed by atoms with van der Waals surface area (Å²) in [6, 6.07) is 17.7. The molecule has 8 heteroatoms. The maximum Gasteiger partial charge on any atom is 0.247 e. The third-order valence-electron chi connectivity index (χ3n) is 5.78. The summed E-state index contributed by atoms with van der Waals surface area (Å²) < 4.78 is 27.0. The van der Waals surface area contributed by atoms with Crippen LogP contribution >= 0.6 is 0 Å². The van der Waals surface area contributed by atoms with E-state index in [4.69, 9.17) is 0 Å². The highest BCUT2D eigenvalue weighted by atomic mass is 32.2. The van der Waals surface area contributed by atoms with E-state index in [1.807, 2.05) is 35.2 Å². The maximum absolute atomic E-state index is 12.9. The monoisotopic (exact) mass is 427 g/mol. The molecule has 0 unspecified atom stereocenters. The van der Waals surface area contributed by atoms with Gasteiger partial charge in [0.2, 0.25) is 21.8 Å². The molecule has 2 amide bonds. The minimum atomic E-state index is -3.54. The SMILES string of the molecule is O=C1C[C@@H](N2CCN(S(=O)(=O)c3ccccc3)CC2)C(=O)N1CCc1ccccc1. The molecular formula is C22H25N3O4S. The molecule has 1 atom stereocenters. The summed E-state index contributed by atoms with van der Waals surface area (Å²) in [7, 11) is -3.54. The molecule has 0 spiro atoms. The third-order valence-corrected chi connectivity index (χ3v) is 7.69. The first kappa shape index (κ1) is 20.7. The Hall–Kier alpha value is -2.55. The van der Waals surface area contributed by atoms with E-state index in [0.29, 0.717) is 39.1 Å². The molecule has 4 rings (SSSR count). The smallest absolute Gasteiger partial charge is 0.247 e. The minimum Gasteiger partial charge on any atom is -0.289 e.